The third-order valence-corrected chi connectivity index (χ3v) is 5.49. The molecule has 1 fully saturated rings. The highest BCUT2D eigenvalue weighted by atomic mass is 32.1. The standard InChI is InChI=1S/C16H24N4O3S/c21-11(10-20-8-4-7-14(20)22)9-17-15(23)19-16-18-12-5-2-1-3-6-13(12)24-16/h11,21H,1-10H2,(H2,17,18,19,23). The predicted molar refractivity (Wildman–Crippen MR) is 92.2 cm³/mol. The number of rotatable bonds is 5. The first-order chi connectivity index (χ1) is 11.6. The molecule has 3 rings (SSSR count). The van der Waals surface area contributed by atoms with E-state index in [0.29, 0.717) is 18.1 Å². The van der Waals surface area contributed by atoms with E-state index in [9.17, 15) is 14.7 Å². The number of aliphatic hydroxyl groups excluding tert-OH is 1. The quantitative estimate of drug-likeness (QED) is 0.700. The molecule has 3 amide bonds. The fourth-order valence-corrected chi connectivity index (χ4v) is 4.19. The van der Waals surface area contributed by atoms with E-state index in [0.717, 1.165) is 31.4 Å². The molecular formula is C16H24N4O3S. The lowest BCUT2D eigenvalue weighted by Crippen LogP contribution is -2.41. The molecule has 2 heterocycles. The molecule has 0 bridgehead atoms. The number of β-amino-alcohol motifs (C(OH)–C–C–N with tert-alkyl or cyclic N) is 1. The maximum atomic E-state index is 12.0. The molecule has 1 aromatic heterocycles. The molecule has 24 heavy (non-hydrogen) atoms. The molecule has 0 spiro atoms. The van der Waals surface area contributed by atoms with E-state index in [4.69, 9.17) is 0 Å². The van der Waals surface area contributed by atoms with Crippen LogP contribution in [0.15, 0.2) is 0 Å². The number of nitrogens with one attached hydrogen (secondary N) is 2. The summed E-state index contributed by atoms with van der Waals surface area (Å²) in [5.41, 5.74) is 1.11. The predicted octanol–water partition coefficient (Wildman–Crippen LogP) is 1.52. The number of amides is 3. The van der Waals surface area contributed by atoms with Crippen molar-refractivity contribution in [1.29, 1.82) is 0 Å². The van der Waals surface area contributed by atoms with Crippen LogP contribution in [0.1, 0.15) is 42.7 Å². The molecule has 0 saturated carbocycles. The highest BCUT2D eigenvalue weighted by molar-refractivity contribution is 7.15. The zero-order chi connectivity index (χ0) is 16.9. The molecule has 132 valence electrons. The Morgan fingerprint density at radius 1 is 1.25 bits per heavy atom. The minimum absolute atomic E-state index is 0.0720. The Labute approximate surface area is 145 Å². The van der Waals surface area contributed by atoms with E-state index in [1.165, 1.54) is 29.1 Å². The fraction of sp³-hybridized carbons (Fsp3) is 0.688. The Hall–Kier alpha value is -1.67. The number of nitrogens with zero attached hydrogens (tertiary/aromatic N) is 2. The minimum atomic E-state index is -0.759. The van der Waals surface area contributed by atoms with Gasteiger partial charge >= 0.3 is 6.03 Å². The second-order valence-electron chi connectivity index (χ2n) is 6.38. The van der Waals surface area contributed by atoms with Crippen LogP contribution in [0.2, 0.25) is 0 Å². The van der Waals surface area contributed by atoms with Gasteiger partial charge in [-0.15, -0.1) is 11.3 Å². The number of aliphatic hydroxyl groups is 1. The van der Waals surface area contributed by atoms with Gasteiger partial charge in [-0.05, 0) is 32.1 Å². The van der Waals surface area contributed by atoms with Crippen molar-refractivity contribution in [3.8, 4) is 0 Å². The van der Waals surface area contributed by atoms with Crippen molar-refractivity contribution >= 4 is 28.4 Å². The van der Waals surface area contributed by atoms with Crippen LogP contribution in [0.5, 0.6) is 0 Å². The topological polar surface area (TPSA) is 94.6 Å². The van der Waals surface area contributed by atoms with E-state index in [-0.39, 0.29) is 25.0 Å². The number of hydrogen-bond donors (Lipinski definition) is 3. The SMILES string of the molecule is O=C(NCC(O)CN1CCCC1=O)Nc1nc2c(s1)CCCCC2. The van der Waals surface area contributed by atoms with Gasteiger partial charge in [0, 0.05) is 30.9 Å². The van der Waals surface area contributed by atoms with Crippen LogP contribution in [-0.2, 0) is 17.6 Å². The molecule has 1 atom stereocenters. The lowest BCUT2D eigenvalue weighted by molar-refractivity contribution is -0.128. The van der Waals surface area contributed by atoms with E-state index < -0.39 is 6.10 Å². The summed E-state index contributed by atoms with van der Waals surface area (Å²) in [5.74, 6) is 0.0720. The summed E-state index contributed by atoms with van der Waals surface area (Å²) in [6.45, 7) is 1.07. The molecule has 8 heteroatoms. The molecular weight excluding hydrogens is 328 g/mol. The van der Waals surface area contributed by atoms with E-state index >= 15 is 0 Å². The summed E-state index contributed by atoms with van der Waals surface area (Å²) in [6, 6.07) is -0.370. The Balaban J connectivity index is 1.43. The second kappa shape index (κ2) is 7.94. The van der Waals surface area contributed by atoms with Gasteiger partial charge in [0.15, 0.2) is 5.13 Å². The van der Waals surface area contributed by atoms with Crippen molar-refractivity contribution in [2.45, 2.75) is 51.0 Å². The zero-order valence-corrected chi connectivity index (χ0v) is 14.5. The first-order valence-electron chi connectivity index (χ1n) is 8.61. The normalized spacial score (nSPS) is 18.9. The number of likely N-dealkylation sites (tertiary alicyclic amines) is 1. The van der Waals surface area contributed by atoms with E-state index in [2.05, 4.69) is 15.6 Å². The van der Waals surface area contributed by atoms with Crippen LogP contribution in [0.3, 0.4) is 0 Å². The number of carbonyl (C=O) groups excluding carboxylic acids is 2. The highest BCUT2D eigenvalue weighted by Crippen LogP contribution is 2.28. The Morgan fingerprint density at radius 3 is 2.88 bits per heavy atom. The van der Waals surface area contributed by atoms with Gasteiger partial charge in [0.05, 0.1) is 11.8 Å². The van der Waals surface area contributed by atoms with Crippen molar-refractivity contribution < 1.29 is 14.7 Å². The largest absolute Gasteiger partial charge is 0.389 e. The summed E-state index contributed by atoms with van der Waals surface area (Å²) in [4.78, 5) is 30.9. The van der Waals surface area contributed by atoms with Crippen LogP contribution in [0.25, 0.3) is 0 Å². The molecule has 0 radical (unpaired) electrons. The van der Waals surface area contributed by atoms with Crippen LogP contribution < -0.4 is 10.6 Å². The summed E-state index contributed by atoms with van der Waals surface area (Å²) in [5, 5.41) is 16.0. The number of hydrogen-bond acceptors (Lipinski definition) is 5. The number of aryl methyl sites for hydroxylation is 2. The van der Waals surface area contributed by atoms with Crippen molar-refractivity contribution in [3.05, 3.63) is 10.6 Å². The first-order valence-corrected chi connectivity index (χ1v) is 9.43. The van der Waals surface area contributed by atoms with Crippen molar-refractivity contribution in [1.82, 2.24) is 15.2 Å². The molecule has 0 aromatic carbocycles. The molecule has 1 aliphatic heterocycles. The van der Waals surface area contributed by atoms with E-state index in [1.807, 2.05) is 0 Å². The number of thiazole rings is 1. The van der Waals surface area contributed by atoms with Crippen molar-refractivity contribution in [2.75, 3.05) is 25.0 Å². The third-order valence-electron chi connectivity index (χ3n) is 4.42. The Morgan fingerprint density at radius 2 is 2.08 bits per heavy atom. The summed E-state index contributed by atoms with van der Waals surface area (Å²) >= 11 is 1.54. The van der Waals surface area contributed by atoms with Gasteiger partial charge in [-0.3, -0.25) is 10.1 Å². The van der Waals surface area contributed by atoms with Gasteiger partial charge in [0.1, 0.15) is 0 Å². The van der Waals surface area contributed by atoms with Crippen LogP contribution >= 0.6 is 11.3 Å². The molecule has 7 nitrogen and oxygen atoms in total. The zero-order valence-electron chi connectivity index (χ0n) is 13.7. The van der Waals surface area contributed by atoms with Crippen molar-refractivity contribution in [2.24, 2.45) is 0 Å². The number of anilines is 1. The van der Waals surface area contributed by atoms with Gasteiger partial charge < -0.3 is 15.3 Å². The van der Waals surface area contributed by atoms with Gasteiger partial charge in [0.25, 0.3) is 0 Å². The van der Waals surface area contributed by atoms with Gasteiger partial charge in [0.2, 0.25) is 5.91 Å². The summed E-state index contributed by atoms with van der Waals surface area (Å²) < 4.78 is 0. The fourth-order valence-electron chi connectivity index (χ4n) is 3.15. The van der Waals surface area contributed by atoms with Crippen LogP contribution in [0.4, 0.5) is 9.93 Å². The molecule has 3 N–H and O–H groups in total. The molecule has 2 aliphatic rings. The number of fused-ring (bicyclic) bond motifs is 1. The average molecular weight is 352 g/mol. The molecule has 1 unspecified atom stereocenters. The summed E-state index contributed by atoms with van der Waals surface area (Å²) in [6.07, 6.45) is 6.24. The van der Waals surface area contributed by atoms with Gasteiger partial charge in [-0.25, -0.2) is 9.78 Å². The number of aromatic nitrogens is 1. The Kier molecular flexibility index (Phi) is 5.68. The summed E-state index contributed by atoms with van der Waals surface area (Å²) in [7, 11) is 0. The highest BCUT2D eigenvalue weighted by Gasteiger charge is 2.22. The second-order valence-corrected chi connectivity index (χ2v) is 7.47. The Bertz CT molecular complexity index is 581. The molecule has 1 saturated heterocycles. The maximum Gasteiger partial charge on any atom is 0.321 e. The van der Waals surface area contributed by atoms with E-state index in [1.54, 1.807) is 4.90 Å². The van der Waals surface area contributed by atoms with Gasteiger partial charge in [-0.1, -0.05) is 6.42 Å². The number of urea groups is 1. The number of carbonyl (C=O) groups is 2. The first kappa shape index (κ1) is 17.2. The van der Waals surface area contributed by atoms with Crippen LogP contribution in [-0.4, -0.2) is 52.7 Å². The smallest absolute Gasteiger partial charge is 0.321 e. The average Bonchev–Trinajstić information content (AvgIpc) is 3.05. The van der Waals surface area contributed by atoms with Crippen LogP contribution in [0, 0.1) is 0 Å². The maximum absolute atomic E-state index is 12.0. The lowest BCUT2D eigenvalue weighted by Gasteiger charge is -2.20. The molecule has 1 aromatic rings. The lowest BCUT2D eigenvalue weighted by atomic mass is 10.2. The molecule has 1 aliphatic carbocycles. The minimum Gasteiger partial charge on any atom is -0.389 e. The van der Waals surface area contributed by atoms with Gasteiger partial charge in [-0.2, -0.15) is 0 Å². The monoisotopic (exact) mass is 352 g/mol. The third kappa shape index (κ3) is 4.45. The van der Waals surface area contributed by atoms with Crippen molar-refractivity contribution in [3.63, 3.8) is 0 Å².